The number of nitrogens with zero attached hydrogens (tertiary/aromatic N) is 4. The molecule has 27 heavy (non-hydrogen) atoms. The number of aromatic nitrogens is 4. The van der Waals surface area contributed by atoms with Gasteiger partial charge in [-0.1, -0.05) is 0 Å². The maximum Gasteiger partial charge on any atom is 0.302 e. The van der Waals surface area contributed by atoms with Crippen LogP contribution in [0, 0.1) is 0 Å². The molecule has 0 aromatic carbocycles. The molecule has 11 heteroatoms. The first kappa shape index (κ1) is 19.2. The van der Waals surface area contributed by atoms with Gasteiger partial charge < -0.3 is 25.3 Å². The Morgan fingerprint density at radius 1 is 1.52 bits per heavy atom. The summed E-state index contributed by atoms with van der Waals surface area (Å²) in [6.45, 7) is 4.56. The van der Waals surface area contributed by atoms with Crippen LogP contribution in [0.2, 0.25) is 0 Å². The van der Waals surface area contributed by atoms with E-state index in [1.807, 2.05) is 0 Å². The number of fused-ring (bicyclic) bond motifs is 1. The van der Waals surface area contributed by atoms with Gasteiger partial charge in [0.2, 0.25) is 5.95 Å². The standard InChI is InChI=1S/C16H23FN6O4/c1-5-25-11-9(6-26-8(2)24)27-14(16(11,3)17)23-7-20-10-12(19-4)21-15(18)22-13(10)23/h7,9,11,14H,5-6H2,1-4H3,(H3,18,19,21,22)/t9-,11-,14-,16-/m1/s1. The first-order valence-corrected chi connectivity index (χ1v) is 8.56. The van der Waals surface area contributed by atoms with E-state index < -0.39 is 30.1 Å². The summed E-state index contributed by atoms with van der Waals surface area (Å²) in [5.74, 6) is -0.0391. The Morgan fingerprint density at radius 3 is 2.89 bits per heavy atom. The van der Waals surface area contributed by atoms with E-state index in [0.717, 1.165) is 0 Å². The van der Waals surface area contributed by atoms with Crippen molar-refractivity contribution in [3.63, 3.8) is 0 Å². The van der Waals surface area contributed by atoms with Crippen LogP contribution in [0.15, 0.2) is 6.33 Å². The number of imidazole rings is 1. The topological polar surface area (TPSA) is 126 Å². The Balaban J connectivity index is 2.01. The van der Waals surface area contributed by atoms with Gasteiger partial charge in [-0.3, -0.25) is 9.36 Å². The molecule has 2 aromatic heterocycles. The van der Waals surface area contributed by atoms with Crippen molar-refractivity contribution in [3.8, 4) is 0 Å². The lowest BCUT2D eigenvalue weighted by Crippen LogP contribution is -2.43. The van der Waals surface area contributed by atoms with Crippen LogP contribution in [-0.4, -0.2) is 63.6 Å². The number of halogens is 1. The van der Waals surface area contributed by atoms with E-state index in [2.05, 4.69) is 20.3 Å². The van der Waals surface area contributed by atoms with E-state index in [-0.39, 0.29) is 19.2 Å². The molecule has 0 radical (unpaired) electrons. The number of nitrogens with two attached hydrogens (primary N) is 1. The van der Waals surface area contributed by atoms with E-state index in [0.29, 0.717) is 17.0 Å². The Bertz CT molecular complexity index is 842. The summed E-state index contributed by atoms with van der Waals surface area (Å²) >= 11 is 0. The van der Waals surface area contributed by atoms with E-state index in [1.165, 1.54) is 24.7 Å². The summed E-state index contributed by atoms with van der Waals surface area (Å²) in [4.78, 5) is 23.7. The number of alkyl halides is 1. The van der Waals surface area contributed by atoms with Crippen LogP contribution < -0.4 is 11.1 Å². The van der Waals surface area contributed by atoms with Gasteiger partial charge in [-0.2, -0.15) is 9.97 Å². The first-order chi connectivity index (χ1) is 12.8. The Morgan fingerprint density at radius 2 is 2.26 bits per heavy atom. The second-order valence-corrected chi connectivity index (χ2v) is 6.36. The Kier molecular flexibility index (Phi) is 5.16. The number of anilines is 2. The maximum absolute atomic E-state index is 15.7. The number of hydrogen-bond acceptors (Lipinski definition) is 9. The van der Waals surface area contributed by atoms with Crippen LogP contribution in [0.4, 0.5) is 16.2 Å². The van der Waals surface area contributed by atoms with E-state index in [1.54, 1.807) is 14.0 Å². The lowest BCUT2D eigenvalue weighted by molar-refractivity contribution is -0.148. The SMILES string of the molecule is CCO[C@@H]1[C@@H](COC(C)=O)O[C@@H](n2cnc3c(NC)nc(N)nc32)[C@]1(C)F. The molecule has 1 saturated heterocycles. The summed E-state index contributed by atoms with van der Waals surface area (Å²) in [6.07, 6.45) is -1.40. The molecule has 0 unspecified atom stereocenters. The first-order valence-electron chi connectivity index (χ1n) is 8.56. The lowest BCUT2D eigenvalue weighted by atomic mass is 9.98. The van der Waals surface area contributed by atoms with Crippen LogP contribution in [0.25, 0.3) is 11.2 Å². The van der Waals surface area contributed by atoms with Crippen molar-refractivity contribution < 1.29 is 23.4 Å². The zero-order valence-corrected chi connectivity index (χ0v) is 15.6. The molecule has 3 N–H and O–H groups in total. The van der Waals surface area contributed by atoms with Crippen LogP contribution in [0.3, 0.4) is 0 Å². The molecule has 2 aromatic rings. The van der Waals surface area contributed by atoms with Gasteiger partial charge in [0.1, 0.15) is 18.8 Å². The molecule has 1 fully saturated rings. The predicted octanol–water partition coefficient (Wildman–Crippen LogP) is 1.04. The second-order valence-electron chi connectivity index (χ2n) is 6.36. The van der Waals surface area contributed by atoms with Gasteiger partial charge in [0.15, 0.2) is 28.9 Å². The fraction of sp³-hybridized carbons (Fsp3) is 0.625. The quantitative estimate of drug-likeness (QED) is 0.705. The molecule has 1 aliphatic heterocycles. The number of carbonyl (C=O) groups excluding carboxylic acids is 1. The largest absolute Gasteiger partial charge is 0.463 e. The lowest BCUT2D eigenvalue weighted by Gasteiger charge is -2.27. The minimum Gasteiger partial charge on any atom is -0.463 e. The van der Waals surface area contributed by atoms with Crippen LogP contribution in [0.1, 0.15) is 27.0 Å². The summed E-state index contributed by atoms with van der Waals surface area (Å²) in [6, 6.07) is 0. The third kappa shape index (κ3) is 3.39. The van der Waals surface area contributed by atoms with Gasteiger partial charge >= 0.3 is 5.97 Å². The number of nitrogens with one attached hydrogen (secondary N) is 1. The third-order valence-electron chi connectivity index (χ3n) is 4.41. The van der Waals surface area contributed by atoms with Crippen molar-refractivity contribution in [1.82, 2.24) is 19.5 Å². The number of carbonyl (C=O) groups is 1. The van der Waals surface area contributed by atoms with Crippen molar-refractivity contribution in [1.29, 1.82) is 0 Å². The molecule has 1 aliphatic rings. The fourth-order valence-electron chi connectivity index (χ4n) is 3.27. The predicted molar refractivity (Wildman–Crippen MR) is 94.8 cm³/mol. The van der Waals surface area contributed by atoms with Crippen LogP contribution >= 0.6 is 0 Å². The Labute approximate surface area is 155 Å². The van der Waals surface area contributed by atoms with Gasteiger partial charge in [-0.15, -0.1) is 0 Å². The zero-order valence-electron chi connectivity index (χ0n) is 15.6. The fourth-order valence-corrected chi connectivity index (χ4v) is 3.27. The highest BCUT2D eigenvalue weighted by Gasteiger charge is 2.57. The Hall–Kier alpha value is -2.53. The van der Waals surface area contributed by atoms with E-state index in [9.17, 15) is 4.79 Å². The molecule has 0 saturated carbocycles. The zero-order chi connectivity index (χ0) is 19.8. The van der Waals surface area contributed by atoms with Gasteiger partial charge in [-0.25, -0.2) is 9.37 Å². The number of ether oxygens (including phenoxy) is 3. The molecular weight excluding hydrogens is 359 g/mol. The summed E-state index contributed by atoms with van der Waals surface area (Å²) in [5, 5.41) is 2.88. The molecule has 0 aliphatic carbocycles. The highest BCUT2D eigenvalue weighted by Crippen LogP contribution is 2.44. The molecule has 0 amide bonds. The smallest absolute Gasteiger partial charge is 0.302 e. The van der Waals surface area contributed by atoms with Crippen molar-refractivity contribution in [2.24, 2.45) is 0 Å². The highest BCUT2D eigenvalue weighted by atomic mass is 19.1. The van der Waals surface area contributed by atoms with Gasteiger partial charge in [0.25, 0.3) is 0 Å². The monoisotopic (exact) mass is 382 g/mol. The summed E-state index contributed by atoms with van der Waals surface area (Å²) in [5.41, 5.74) is 4.58. The number of rotatable bonds is 6. The molecule has 0 spiro atoms. The molecule has 10 nitrogen and oxygen atoms in total. The molecular formula is C16H23FN6O4. The normalized spacial score (nSPS) is 27.8. The van der Waals surface area contributed by atoms with E-state index >= 15 is 4.39 Å². The van der Waals surface area contributed by atoms with Crippen LogP contribution in [0.5, 0.6) is 0 Å². The van der Waals surface area contributed by atoms with Crippen molar-refractivity contribution in [3.05, 3.63) is 6.33 Å². The van der Waals surface area contributed by atoms with Gasteiger partial charge in [-0.05, 0) is 13.8 Å². The average molecular weight is 382 g/mol. The molecule has 4 atom stereocenters. The minimum atomic E-state index is -1.94. The average Bonchev–Trinajstić information content (AvgIpc) is 3.12. The third-order valence-corrected chi connectivity index (χ3v) is 4.41. The van der Waals surface area contributed by atoms with Crippen molar-refractivity contribution in [2.75, 3.05) is 31.3 Å². The van der Waals surface area contributed by atoms with Gasteiger partial charge in [0.05, 0.1) is 6.33 Å². The van der Waals surface area contributed by atoms with Crippen molar-refractivity contribution >= 4 is 28.9 Å². The minimum absolute atomic E-state index is 0.0185. The van der Waals surface area contributed by atoms with Gasteiger partial charge in [0, 0.05) is 20.6 Å². The summed E-state index contributed by atoms with van der Waals surface area (Å²) in [7, 11) is 1.67. The van der Waals surface area contributed by atoms with Crippen molar-refractivity contribution in [2.45, 2.75) is 44.9 Å². The van der Waals surface area contributed by atoms with Crippen LogP contribution in [-0.2, 0) is 19.0 Å². The summed E-state index contributed by atoms with van der Waals surface area (Å²) < 4.78 is 33.7. The molecule has 3 heterocycles. The molecule has 3 rings (SSSR count). The number of esters is 1. The number of nitrogen functional groups attached to an aromatic ring is 1. The molecule has 0 bridgehead atoms. The highest BCUT2D eigenvalue weighted by molar-refractivity contribution is 5.84. The number of hydrogen-bond donors (Lipinski definition) is 2. The second kappa shape index (κ2) is 7.24. The molecule has 148 valence electrons. The van der Waals surface area contributed by atoms with E-state index in [4.69, 9.17) is 19.9 Å². The maximum atomic E-state index is 15.7.